The smallest absolute Gasteiger partial charge is 0.00681 e. The minimum absolute atomic E-state index is 0.332. The Hall–Kier alpha value is -3.12. The number of hydrogen-bond donors (Lipinski definition) is 0. The van der Waals surface area contributed by atoms with E-state index in [-0.39, 0.29) is 0 Å². The Morgan fingerprint density at radius 3 is 1.44 bits per heavy atom. The van der Waals surface area contributed by atoms with Crippen molar-refractivity contribution in [1.82, 2.24) is 0 Å². The average molecular weight is 343 g/mol. The van der Waals surface area contributed by atoms with E-state index in [9.17, 15) is 0 Å². The van der Waals surface area contributed by atoms with Crippen molar-refractivity contribution in [3.8, 4) is 0 Å². The van der Waals surface area contributed by atoms with Gasteiger partial charge in [0.2, 0.25) is 0 Å². The van der Waals surface area contributed by atoms with Crippen LogP contribution in [0.4, 0.5) is 0 Å². The van der Waals surface area contributed by atoms with E-state index >= 15 is 0 Å². The van der Waals surface area contributed by atoms with Crippen LogP contribution in [-0.2, 0) is 0 Å². The van der Waals surface area contributed by atoms with Crippen molar-refractivity contribution < 1.29 is 0 Å². The minimum atomic E-state index is 0.332. The zero-order valence-corrected chi connectivity index (χ0v) is 15.0. The molecule has 127 valence electrons. The first-order valence-corrected chi connectivity index (χ1v) is 9.63. The third-order valence-corrected chi connectivity index (χ3v) is 6.04. The molecule has 4 aromatic carbocycles. The lowest BCUT2D eigenvalue weighted by molar-refractivity contribution is 0.860. The predicted molar refractivity (Wildman–Crippen MR) is 116 cm³/mol. The fourth-order valence-electron chi connectivity index (χ4n) is 4.81. The van der Waals surface area contributed by atoms with Gasteiger partial charge in [-0.05, 0) is 50.2 Å². The molecule has 2 aliphatic carbocycles. The number of hydrogen-bond acceptors (Lipinski definition) is 0. The monoisotopic (exact) mass is 343 g/mol. The van der Waals surface area contributed by atoms with Gasteiger partial charge >= 0.3 is 0 Å². The van der Waals surface area contributed by atoms with Crippen LogP contribution in [0.1, 0.15) is 34.1 Å². The molecule has 0 spiro atoms. The van der Waals surface area contributed by atoms with Crippen molar-refractivity contribution in [3.05, 3.63) is 114 Å². The average Bonchev–Trinajstić information content (AvgIpc) is 2.72. The summed E-state index contributed by atoms with van der Waals surface area (Å²) in [4.78, 5) is 0. The molecular weight excluding hydrogens is 324 g/mol. The van der Waals surface area contributed by atoms with Crippen LogP contribution in [0.3, 0.4) is 0 Å². The summed E-state index contributed by atoms with van der Waals surface area (Å²) in [5.41, 5.74) is 5.51. The molecule has 2 aliphatic rings. The zero-order valence-electron chi connectivity index (χ0n) is 15.0. The highest BCUT2D eigenvalue weighted by atomic mass is 14.3. The van der Waals surface area contributed by atoms with Crippen LogP contribution in [0.15, 0.2) is 84.9 Å². The van der Waals surface area contributed by atoms with Gasteiger partial charge in [-0.1, -0.05) is 97.1 Å². The maximum absolute atomic E-state index is 2.50. The minimum Gasteiger partial charge on any atom is -0.0760 e. The molecule has 0 nitrogen and oxygen atoms in total. The molecule has 4 aromatic rings. The fraction of sp³-hybridized carbons (Fsp3) is 0.0741. The molecule has 6 rings (SSSR count). The first-order valence-electron chi connectivity index (χ1n) is 9.63. The number of rotatable bonds is 2. The highest BCUT2D eigenvalue weighted by Gasteiger charge is 2.24. The Balaban J connectivity index is 1.45. The molecule has 0 fully saturated rings. The van der Waals surface area contributed by atoms with Crippen LogP contribution < -0.4 is 0 Å². The third kappa shape index (κ3) is 2.23. The highest BCUT2D eigenvalue weighted by molar-refractivity contribution is 5.97. The van der Waals surface area contributed by atoms with Gasteiger partial charge in [0.1, 0.15) is 0 Å². The number of benzene rings is 4. The summed E-state index contributed by atoms with van der Waals surface area (Å²) in [6.45, 7) is 0. The van der Waals surface area contributed by atoms with E-state index in [1.807, 2.05) is 0 Å². The maximum Gasteiger partial charge on any atom is 0.00681 e. The first kappa shape index (κ1) is 15.0. The summed E-state index contributed by atoms with van der Waals surface area (Å²) >= 11 is 0. The van der Waals surface area contributed by atoms with Gasteiger partial charge in [-0.15, -0.1) is 0 Å². The summed E-state index contributed by atoms with van der Waals surface area (Å²) in [6, 6.07) is 26.6. The van der Waals surface area contributed by atoms with Crippen molar-refractivity contribution in [2.24, 2.45) is 0 Å². The van der Waals surface area contributed by atoms with Crippen molar-refractivity contribution in [2.45, 2.75) is 11.8 Å². The molecule has 0 heteroatoms. The lowest BCUT2D eigenvalue weighted by Gasteiger charge is -2.27. The topological polar surface area (TPSA) is 0 Å². The predicted octanol–water partition coefficient (Wildman–Crippen LogP) is 7.12. The second-order valence-corrected chi connectivity index (χ2v) is 7.55. The molecule has 1 radical (unpaired) electrons. The molecule has 2 atom stereocenters. The summed E-state index contributed by atoms with van der Waals surface area (Å²) in [5.74, 6) is 0.664. The van der Waals surface area contributed by atoms with Gasteiger partial charge in [-0.3, -0.25) is 0 Å². The Morgan fingerprint density at radius 1 is 0.519 bits per heavy atom. The largest absolute Gasteiger partial charge is 0.0760 e. The van der Waals surface area contributed by atoms with Crippen LogP contribution in [0, 0.1) is 6.42 Å². The van der Waals surface area contributed by atoms with Gasteiger partial charge in [0.15, 0.2) is 0 Å². The second-order valence-electron chi connectivity index (χ2n) is 7.55. The van der Waals surface area contributed by atoms with Gasteiger partial charge in [0, 0.05) is 11.8 Å². The van der Waals surface area contributed by atoms with Crippen molar-refractivity contribution in [2.75, 3.05) is 0 Å². The van der Waals surface area contributed by atoms with Crippen LogP contribution in [0.2, 0.25) is 0 Å². The van der Waals surface area contributed by atoms with E-state index in [1.165, 1.54) is 43.8 Å². The molecular formula is C27H19. The summed E-state index contributed by atoms with van der Waals surface area (Å²) in [5, 5.41) is 5.48. The molecule has 0 aliphatic heterocycles. The van der Waals surface area contributed by atoms with E-state index in [1.54, 1.807) is 0 Å². The molecule has 2 unspecified atom stereocenters. The van der Waals surface area contributed by atoms with Gasteiger partial charge in [-0.2, -0.15) is 0 Å². The summed E-state index contributed by atoms with van der Waals surface area (Å²) < 4.78 is 0. The SMILES string of the molecule is [CH](C1C=Cc2cccc3cccc1c23)C1C=Cc2cccc3cccc1c23. The second kappa shape index (κ2) is 5.69. The molecule has 27 heavy (non-hydrogen) atoms. The van der Waals surface area contributed by atoms with Crippen molar-refractivity contribution >= 4 is 33.7 Å². The van der Waals surface area contributed by atoms with Crippen LogP contribution >= 0.6 is 0 Å². The van der Waals surface area contributed by atoms with Gasteiger partial charge in [0.25, 0.3) is 0 Å². The molecule has 0 saturated heterocycles. The van der Waals surface area contributed by atoms with E-state index in [4.69, 9.17) is 0 Å². The Labute approximate surface area is 159 Å². The van der Waals surface area contributed by atoms with Crippen LogP contribution in [0.5, 0.6) is 0 Å². The quantitative estimate of drug-likeness (QED) is 0.363. The van der Waals surface area contributed by atoms with E-state index in [0.717, 1.165) is 0 Å². The lowest BCUT2D eigenvalue weighted by atomic mass is 9.77. The summed E-state index contributed by atoms with van der Waals surface area (Å²) in [6.07, 6.45) is 11.8. The van der Waals surface area contributed by atoms with Crippen molar-refractivity contribution in [1.29, 1.82) is 0 Å². The van der Waals surface area contributed by atoms with Gasteiger partial charge in [-0.25, -0.2) is 0 Å². The Morgan fingerprint density at radius 2 is 0.963 bits per heavy atom. The fourth-order valence-corrected chi connectivity index (χ4v) is 4.81. The Kier molecular flexibility index (Phi) is 3.16. The zero-order chi connectivity index (χ0) is 17.8. The maximum atomic E-state index is 2.50. The molecule has 0 amide bonds. The molecule has 0 saturated carbocycles. The van der Waals surface area contributed by atoms with Gasteiger partial charge < -0.3 is 0 Å². The molecule has 0 aromatic heterocycles. The summed E-state index contributed by atoms with van der Waals surface area (Å²) in [7, 11) is 0. The Bertz CT molecular complexity index is 1150. The standard InChI is InChI=1S/C27H19/c1-5-18-9-3-11-24-22(15-13-20(7-1)26(18)24)17-23-16-14-21-8-2-6-19-10-4-12-25(23)27(19)21/h1-17,22-23H. The number of allylic oxidation sites excluding steroid dienone is 2. The van der Waals surface area contributed by atoms with E-state index in [0.29, 0.717) is 11.8 Å². The van der Waals surface area contributed by atoms with E-state index < -0.39 is 0 Å². The van der Waals surface area contributed by atoms with E-state index in [2.05, 4.69) is 104 Å². The normalized spacial score (nSPS) is 19.7. The highest BCUT2D eigenvalue weighted by Crippen LogP contribution is 2.42. The molecule has 0 N–H and O–H groups in total. The molecule has 0 bridgehead atoms. The van der Waals surface area contributed by atoms with Crippen LogP contribution in [-0.4, -0.2) is 0 Å². The van der Waals surface area contributed by atoms with Crippen molar-refractivity contribution in [3.63, 3.8) is 0 Å². The first-order chi connectivity index (χ1) is 13.4. The van der Waals surface area contributed by atoms with Gasteiger partial charge in [0.05, 0.1) is 0 Å². The third-order valence-electron chi connectivity index (χ3n) is 6.04. The molecule has 0 heterocycles. The lowest BCUT2D eigenvalue weighted by Crippen LogP contribution is -2.09. The van der Waals surface area contributed by atoms with Crippen LogP contribution in [0.25, 0.3) is 33.7 Å².